The van der Waals surface area contributed by atoms with Crippen molar-refractivity contribution < 1.29 is 9.53 Å². The number of hydrogen-bond donors (Lipinski definition) is 2. The molecular formula is C24H18ClN3O3. The number of carbonyl (C=O) groups excluding carboxylic acids is 1. The molecule has 0 aliphatic carbocycles. The van der Waals surface area contributed by atoms with Gasteiger partial charge in [0.2, 0.25) is 0 Å². The summed E-state index contributed by atoms with van der Waals surface area (Å²) in [6, 6.07) is 23.3. The molecule has 1 heterocycles. The number of nitrogens with zero attached hydrogens (tertiary/aromatic N) is 1. The maximum atomic E-state index is 12.3. The van der Waals surface area contributed by atoms with Gasteiger partial charge in [0.05, 0.1) is 11.8 Å². The van der Waals surface area contributed by atoms with E-state index in [0.717, 1.165) is 16.5 Å². The van der Waals surface area contributed by atoms with Crippen LogP contribution in [0.25, 0.3) is 10.9 Å². The van der Waals surface area contributed by atoms with Crippen LogP contribution in [0, 0.1) is 0 Å². The summed E-state index contributed by atoms with van der Waals surface area (Å²) >= 11 is 5.87. The van der Waals surface area contributed by atoms with Crippen molar-refractivity contribution in [1.29, 1.82) is 0 Å². The number of para-hydroxylation sites is 1. The number of pyridine rings is 1. The first-order valence-electron chi connectivity index (χ1n) is 9.51. The van der Waals surface area contributed by atoms with Crippen molar-refractivity contribution in [3.63, 3.8) is 0 Å². The molecule has 0 spiro atoms. The normalized spacial score (nSPS) is 11.0. The Hall–Kier alpha value is -3.90. The zero-order chi connectivity index (χ0) is 21.6. The van der Waals surface area contributed by atoms with Crippen LogP contribution in [-0.4, -0.2) is 17.1 Å². The number of rotatable bonds is 6. The van der Waals surface area contributed by atoms with Crippen LogP contribution >= 0.6 is 11.6 Å². The van der Waals surface area contributed by atoms with Gasteiger partial charge < -0.3 is 9.72 Å². The number of benzene rings is 3. The molecule has 0 radical (unpaired) electrons. The Morgan fingerprint density at radius 2 is 1.77 bits per heavy atom. The van der Waals surface area contributed by atoms with Gasteiger partial charge in [0, 0.05) is 16.1 Å². The van der Waals surface area contributed by atoms with Gasteiger partial charge >= 0.3 is 0 Å². The van der Waals surface area contributed by atoms with Gasteiger partial charge in [-0.25, -0.2) is 5.43 Å². The van der Waals surface area contributed by atoms with E-state index in [2.05, 4.69) is 15.5 Å². The highest BCUT2D eigenvalue weighted by Crippen LogP contribution is 2.16. The standard InChI is InChI=1S/C24H18ClN3O3/c25-20-9-5-16(6-10-20)15-31-21-11-7-17(8-12-21)24(30)28-26-14-19-13-18-3-1-2-4-22(18)27-23(19)29/h1-14H,15H2,(H,27,29)(H,28,30)/b26-14+. The van der Waals surface area contributed by atoms with Crippen LogP contribution in [0.1, 0.15) is 21.5 Å². The van der Waals surface area contributed by atoms with Crippen LogP contribution in [-0.2, 0) is 6.61 Å². The Morgan fingerprint density at radius 3 is 2.55 bits per heavy atom. The summed E-state index contributed by atoms with van der Waals surface area (Å²) in [5, 5.41) is 5.46. The number of nitrogens with one attached hydrogen (secondary N) is 2. The Kier molecular flexibility index (Phi) is 6.10. The summed E-state index contributed by atoms with van der Waals surface area (Å²) in [5.74, 6) is 0.246. The van der Waals surface area contributed by atoms with Crippen molar-refractivity contribution in [3.8, 4) is 5.75 Å². The summed E-state index contributed by atoms with van der Waals surface area (Å²) in [6.07, 6.45) is 1.33. The van der Waals surface area contributed by atoms with Gasteiger partial charge in [0.15, 0.2) is 0 Å². The average molecular weight is 432 g/mol. The SMILES string of the molecule is O=C(N/N=C/c1cc2ccccc2[nH]c1=O)c1ccc(OCc2ccc(Cl)cc2)cc1. The number of amides is 1. The van der Waals surface area contributed by atoms with Gasteiger partial charge in [0.1, 0.15) is 12.4 Å². The number of hydrazone groups is 1. The molecular weight excluding hydrogens is 414 g/mol. The molecule has 0 saturated heterocycles. The maximum Gasteiger partial charge on any atom is 0.271 e. The van der Waals surface area contributed by atoms with E-state index in [9.17, 15) is 9.59 Å². The van der Waals surface area contributed by atoms with Gasteiger partial charge in [0.25, 0.3) is 11.5 Å². The van der Waals surface area contributed by atoms with Gasteiger partial charge in [-0.05, 0) is 59.5 Å². The minimum absolute atomic E-state index is 0.279. The number of halogens is 1. The predicted octanol–water partition coefficient (Wildman–Crippen LogP) is 4.52. The fourth-order valence-corrected chi connectivity index (χ4v) is 3.06. The second-order valence-corrected chi connectivity index (χ2v) is 7.22. The lowest BCUT2D eigenvalue weighted by molar-refractivity contribution is 0.0955. The van der Waals surface area contributed by atoms with Crippen molar-refractivity contribution in [1.82, 2.24) is 10.4 Å². The van der Waals surface area contributed by atoms with E-state index in [1.54, 1.807) is 42.5 Å². The fourth-order valence-electron chi connectivity index (χ4n) is 2.93. The van der Waals surface area contributed by atoms with E-state index in [0.29, 0.717) is 28.5 Å². The van der Waals surface area contributed by atoms with Crippen LogP contribution in [0.15, 0.2) is 88.8 Å². The van der Waals surface area contributed by atoms with Crippen molar-refractivity contribution in [3.05, 3.63) is 111 Å². The second kappa shape index (κ2) is 9.28. The number of H-pyrrole nitrogens is 1. The Balaban J connectivity index is 1.36. The molecule has 31 heavy (non-hydrogen) atoms. The molecule has 0 unspecified atom stereocenters. The minimum atomic E-state index is -0.391. The van der Waals surface area contributed by atoms with Crippen LogP contribution in [0.3, 0.4) is 0 Å². The Morgan fingerprint density at radius 1 is 1.03 bits per heavy atom. The molecule has 4 rings (SSSR count). The largest absolute Gasteiger partial charge is 0.489 e. The molecule has 2 N–H and O–H groups in total. The van der Waals surface area contributed by atoms with Crippen LogP contribution in [0.2, 0.25) is 5.02 Å². The van der Waals surface area contributed by atoms with Crippen molar-refractivity contribution in [2.24, 2.45) is 5.10 Å². The Bertz CT molecular complexity index is 1300. The van der Waals surface area contributed by atoms with E-state index in [1.165, 1.54) is 6.21 Å². The fraction of sp³-hybridized carbons (Fsp3) is 0.0417. The van der Waals surface area contributed by atoms with E-state index >= 15 is 0 Å². The van der Waals surface area contributed by atoms with E-state index < -0.39 is 5.91 Å². The van der Waals surface area contributed by atoms with Crippen LogP contribution in [0.5, 0.6) is 5.75 Å². The molecule has 0 bridgehead atoms. The first-order chi connectivity index (χ1) is 15.1. The number of aromatic amines is 1. The number of hydrogen-bond acceptors (Lipinski definition) is 4. The lowest BCUT2D eigenvalue weighted by Gasteiger charge is -2.07. The molecule has 4 aromatic rings. The minimum Gasteiger partial charge on any atom is -0.489 e. The molecule has 154 valence electrons. The number of fused-ring (bicyclic) bond motifs is 1. The molecule has 1 aromatic heterocycles. The summed E-state index contributed by atoms with van der Waals surface area (Å²) in [4.78, 5) is 27.2. The lowest BCUT2D eigenvalue weighted by atomic mass is 10.2. The molecule has 0 aliphatic heterocycles. The van der Waals surface area contributed by atoms with E-state index in [4.69, 9.17) is 16.3 Å². The second-order valence-electron chi connectivity index (χ2n) is 6.78. The third-order valence-electron chi connectivity index (χ3n) is 4.59. The third-order valence-corrected chi connectivity index (χ3v) is 4.84. The highest BCUT2D eigenvalue weighted by atomic mass is 35.5. The summed E-state index contributed by atoms with van der Waals surface area (Å²) < 4.78 is 5.71. The summed E-state index contributed by atoms with van der Waals surface area (Å²) in [6.45, 7) is 0.396. The van der Waals surface area contributed by atoms with E-state index in [-0.39, 0.29) is 5.56 Å². The molecule has 7 heteroatoms. The summed E-state index contributed by atoms with van der Waals surface area (Å²) in [7, 11) is 0. The highest BCUT2D eigenvalue weighted by molar-refractivity contribution is 6.30. The van der Waals surface area contributed by atoms with Crippen molar-refractivity contribution in [2.75, 3.05) is 0 Å². The monoisotopic (exact) mass is 431 g/mol. The predicted molar refractivity (Wildman–Crippen MR) is 122 cm³/mol. The maximum absolute atomic E-state index is 12.3. The third kappa shape index (κ3) is 5.18. The van der Waals surface area contributed by atoms with Gasteiger partial charge in [-0.3, -0.25) is 9.59 Å². The highest BCUT2D eigenvalue weighted by Gasteiger charge is 2.05. The van der Waals surface area contributed by atoms with Gasteiger partial charge in [-0.2, -0.15) is 5.10 Å². The molecule has 3 aromatic carbocycles. The molecule has 0 saturated carbocycles. The molecule has 0 atom stereocenters. The van der Waals surface area contributed by atoms with Crippen molar-refractivity contribution in [2.45, 2.75) is 6.61 Å². The lowest BCUT2D eigenvalue weighted by Crippen LogP contribution is -2.19. The molecule has 6 nitrogen and oxygen atoms in total. The van der Waals surface area contributed by atoms with Gasteiger partial charge in [-0.15, -0.1) is 0 Å². The molecule has 1 amide bonds. The van der Waals surface area contributed by atoms with Crippen LogP contribution < -0.4 is 15.7 Å². The first-order valence-corrected chi connectivity index (χ1v) is 9.89. The zero-order valence-corrected chi connectivity index (χ0v) is 17.1. The molecule has 0 aliphatic rings. The van der Waals surface area contributed by atoms with E-state index in [1.807, 2.05) is 36.4 Å². The zero-order valence-electron chi connectivity index (χ0n) is 16.3. The topological polar surface area (TPSA) is 83.5 Å². The average Bonchev–Trinajstić information content (AvgIpc) is 2.79. The summed E-state index contributed by atoms with van der Waals surface area (Å²) in [5.41, 5.74) is 4.66. The number of aromatic nitrogens is 1. The Labute approximate surface area is 183 Å². The van der Waals surface area contributed by atoms with Crippen LogP contribution in [0.4, 0.5) is 0 Å². The molecule has 0 fully saturated rings. The number of ether oxygens (including phenoxy) is 1. The quantitative estimate of drug-likeness (QED) is 0.347. The smallest absolute Gasteiger partial charge is 0.271 e. The number of carbonyl (C=O) groups is 1. The first kappa shape index (κ1) is 20.4. The van der Waals surface area contributed by atoms with Gasteiger partial charge in [-0.1, -0.05) is 41.9 Å². The van der Waals surface area contributed by atoms with Crippen molar-refractivity contribution >= 4 is 34.6 Å².